The molecule has 1 amide bonds. The lowest BCUT2D eigenvalue weighted by Gasteiger charge is -2.47. The third kappa shape index (κ3) is 7.00. The maximum atomic E-state index is 11.7. The van der Waals surface area contributed by atoms with E-state index >= 15 is 0 Å². The lowest BCUT2D eigenvalue weighted by atomic mass is 9.95. The number of ether oxygens (including phenoxy) is 2. The summed E-state index contributed by atoms with van der Waals surface area (Å²) >= 11 is 0. The first-order valence-electron chi connectivity index (χ1n) is 10.7. The molecule has 1 aromatic carbocycles. The first kappa shape index (κ1) is 23.7. The van der Waals surface area contributed by atoms with Crippen LogP contribution in [0.15, 0.2) is 18.2 Å². The largest absolute Gasteiger partial charge is 0.490 e. The number of nitrogens with one attached hydrogen (secondary N) is 1. The van der Waals surface area contributed by atoms with Gasteiger partial charge < -0.3 is 14.8 Å². The standard InChI is InChI=1S/C24H40N2O3/c1-22(2,3)26(23(4,5)6)15-17(29-24(7,8)9)16-28-20-12-10-11-19-18(20)13-14-21(27)25-19/h10-12,17H,13-16H2,1-9H3,(H,25,27). The Morgan fingerprint density at radius 1 is 1.00 bits per heavy atom. The van der Waals surface area contributed by atoms with E-state index in [0.29, 0.717) is 19.4 Å². The zero-order valence-electron chi connectivity index (χ0n) is 19.8. The smallest absolute Gasteiger partial charge is 0.224 e. The quantitative estimate of drug-likeness (QED) is 0.722. The number of anilines is 1. The van der Waals surface area contributed by atoms with Crippen LogP contribution < -0.4 is 10.1 Å². The number of hydrogen-bond acceptors (Lipinski definition) is 4. The van der Waals surface area contributed by atoms with Crippen molar-refractivity contribution < 1.29 is 14.3 Å². The second-order valence-corrected chi connectivity index (χ2v) is 10.9. The Balaban J connectivity index is 2.20. The van der Waals surface area contributed by atoms with E-state index in [1.807, 2.05) is 18.2 Å². The van der Waals surface area contributed by atoms with Crippen LogP contribution in [0.1, 0.15) is 74.3 Å². The molecular weight excluding hydrogens is 364 g/mol. The average molecular weight is 405 g/mol. The molecule has 0 bridgehead atoms. The van der Waals surface area contributed by atoms with Gasteiger partial charge in [-0.05, 0) is 80.9 Å². The predicted octanol–water partition coefficient (Wildman–Crippen LogP) is 5.03. The van der Waals surface area contributed by atoms with Crippen LogP contribution in [0, 0.1) is 0 Å². The Morgan fingerprint density at radius 2 is 1.62 bits per heavy atom. The topological polar surface area (TPSA) is 50.8 Å². The van der Waals surface area contributed by atoms with Gasteiger partial charge in [0.2, 0.25) is 5.91 Å². The Bertz CT molecular complexity index is 694. The Morgan fingerprint density at radius 3 is 2.17 bits per heavy atom. The van der Waals surface area contributed by atoms with Crippen LogP contribution in [0.2, 0.25) is 0 Å². The van der Waals surface area contributed by atoms with Gasteiger partial charge in [0.15, 0.2) is 0 Å². The van der Waals surface area contributed by atoms with Gasteiger partial charge >= 0.3 is 0 Å². The van der Waals surface area contributed by atoms with Crippen LogP contribution >= 0.6 is 0 Å². The molecule has 0 radical (unpaired) electrons. The maximum Gasteiger partial charge on any atom is 0.224 e. The van der Waals surface area contributed by atoms with E-state index in [2.05, 4.69) is 72.5 Å². The number of carbonyl (C=O) groups is 1. The summed E-state index contributed by atoms with van der Waals surface area (Å²) in [5.41, 5.74) is 1.68. The van der Waals surface area contributed by atoms with Gasteiger partial charge in [-0.25, -0.2) is 0 Å². The fourth-order valence-corrected chi connectivity index (χ4v) is 4.09. The van der Waals surface area contributed by atoms with Gasteiger partial charge in [-0.1, -0.05) is 6.07 Å². The van der Waals surface area contributed by atoms with Gasteiger partial charge in [0.25, 0.3) is 0 Å². The van der Waals surface area contributed by atoms with Crippen LogP contribution in [0.3, 0.4) is 0 Å². The van der Waals surface area contributed by atoms with Gasteiger partial charge in [-0.2, -0.15) is 0 Å². The molecule has 164 valence electrons. The molecule has 1 heterocycles. The molecule has 0 saturated carbocycles. The maximum absolute atomic E-state index is 11.7. The molecule has 1 aliphatic rings. The molecule has 1 aliphatic heterocycles. The second-order valence-electron chi connectivity index (χ2n) is 10.9. The molecule has 2 rings (SSSR count). The summed E-state index contributed by atoms with van der Waals surface area (Å²) in [5, 5.41) is 2.94. The molecule has 0 fully saturated rings. The molecule has 0 aliphatic carbocycles. The number of amides is 1. The molecule has 5 heteroatoms. The third-order valence-electron chi connectivity index (χ3n) is 4.96. The molecule has 0 saturated heterocycles. The number of rotatable bonds is 6. The van der Waals surface area contributed by atoms with Crippen molar-refractivity contribution in [3.63, 3.8) is 0 Å². The molecule has 29 heavy (non-hydrogen) atoms. The second kappa shape index (κ2) is 8.65. The lowest BCUT2D eigenvalue weighted by Crippen LogP contribution is -2.56. The molecule has 0 aromatic heterocycles. The van der Waals surface area contributed by atoms with E-state index in [1.165, 1.54) is 0 Å². The molecule has 0 spiro atoms. The van der Waals surface area contributed by atoms with Crippen molar-refractivity contribution in [3.8, 4) is 5.75 Å². The van der Waals surface area contributed by atoms with E-state index in [1.54, 1.807) is 0 Å². The van der Waals surface area contributed by atoms with Crippen molar-refractivity contribution in [2.45, 2.75) is 97.9 Å². The minimum Gasteiger partial charge on any atom is -0.490 e. The normalized spacial score (nSPS) is 16.4. The molecule has 5 nitrogen and oxygen atoms in total. The van der Waals surface area contributed by atoms with Gasteiger partial charge in [0.1, 0.15) is 18.5 Å². The third-order valence-corrected chi connectivity index (χ3v) is 4.96. The van der Waals surface area contributed by atoms with Crippen LogP contribution in [-0.2, 0) is 16.0 Å². The SMILES string of the molecule is CC(C)(C)OC(COc1cccc2c1CCC(=O)N2)CN(C(C)(C)C)C(C)(C)C. The Labute approximate surface area is 177 Å². The zero-order chi connectivity index (χ0) is 22.0. The van der Waals surface area contributed by atoms with Gasteiger partial charge in [-0.3, -0.25) is 9.69 Å². The summed E-state index contributed by atoms with van der Waals surface area (Å²) < 4.78 is 12.7. The number of carbonyl (C=O) groups excluding carboxylic acids is 1. The monoisotopic (exact) mass is 404 g/mol. The summed E-state index contributed by atoms with van der Waals surface area (Å²) in [5.74, 6) is 0.901. The summed E-state index contributed by atoms with van der Waals surface area (Å²) in [6.07, 6.45) is 1.12. The molecule has 1 N–H and O–H groups in total. The van der Waals surface area contributed by atoms with Crippen molar-refractivity contribution in [1.29, 1.82) is 0 Å². The fraction of sp³-hybridized carbons (Fsp3) is 0.708. The van der Waals surface area contributed by atoms with Crippen molar-refractivity contribution in [1.82, 2.24) is 4.90 Å². The van der Waals surface area contributed by atoms with Gasteiger partial charge in [-0.15, -0.1) is 0 Å². The highest BCUT2D eigenvalue weighted by Gasteiger charge is 2.35. The Hall–Kier alpha value is -1.59. The number of nitrogens with zero attached hydrogens (tertiary/aromatic N) is 1. The van der Waals surface area contributed by atoms with Crippen molar-refractivity contribution in [2.24, 2.45) is 0 Å². The zero-order valence-corrected chi connectivity index (χ0v) is 19.8. The van der Waals surface area contributed by atoms with Crippen LogP contribution in [0.25, 0.3) is 0 Å². The molecule has 1 aromatic rings. The van der Waals surface area contributed by atoms with Crippen molar-refractivity contribution in [2.75, 3.05) is 18.5 Å². The minimum absolute atomic E-state index is 0.00787. The highest BCUT2D eigenvalue weighted by molar-refractivity contribution is 5.94. The first-order chi connectivity index (χ1) is 13.2. The molecule has 1 unspecified atom stereocenters. The molecule has 1 atom stereocenters. The number of fused-ring (bicyclic) bond motifs is 1. The highest BCUT2D eigenvalue weighted by atomic mass is 16.5. The fourth-order valence-electron chi connectivity index (χ4n) is 4.09. The van der Waals surface area contributed by atoms with Crippen LogP contribution in [-0.4, -0.2) is 46.7 Å². The summed E-state index contributed by atoms with van der Waals surface area (Å²) in [6.45, 7) is 20.9. The average Bonchev–Trinajstić information content (AvgIpc) is 2.53. The Kier molecular flexibility index (Phi) is 7.06. The van der Waals surface area contributed by atoms with Crippen LogP contribution in [0.4, 0.5) is 5.69 Å². The van der Waals surface area contributed by atoms with Crippen molar-refractivity contribution in [3.05, 3.63) is 23.8 Å². The number of hydrogen-bond donors (Lipinski definition) is 1. The molecular formula is C24H40N2O3. The van der Waals surface area contributed by atoms with E-state index in [0.717, 1.165) is 23.5 Å². The highest BCUT2D eigenvalue weighted by Crippen LogP contribution is 2.32. The van der Waals surface area contributed by atoms with E-state index in [4.69, 9.17) is 9.47 Å². The van der Waals surface area contributed by atoms with Gasteiger partial charge in [0.05, 0.1) is 5.60 Å². The van der Waals surface area contributed by atoms with E-state index < -0.39 is 0 Å². The summed E-state index contributed by atoms with van der Waals surface area (Å²) in [4.78, 5) is 14.2. The van der Waals surface area contributed by atoms with Crippen molar-refractivity contribution >= 4 is 11.6 Å². The van der Waals surface area contributed by atoms with E-state index in [9.17, 15) is 4.79 Å². The van der Waals surface area contributed by atoms with E-state index in [-0.39, 0.29) is 28.7 Å². The summed E-state index contributed by atoms with van der Waals surface area (Å²) in [7, 11) is 0. The lowest BCUT2D eigenvalue weighted by molar-refractivity contribution is -0.116. The van der Waals surface area contributed by atoms with Crippen LogP contribution in [0.5, 0.6) is 5.75 Å². The van der Waals surface area contributed by atoms with Gasteiger partial charge in [0, 0.05) is 35.3 Å². The predicted molar refractivity (Wildman–Crippen MR) is 120 cm³/mol. The summed E-state index contributed by atoms with van der Waals surface area (Å²) in [6, 6.07) is 5.84. The number of benzene rings is 1. The minimum atomic E-state index is -0.264. The first-order valence-corrected chi connectivity index (χ1v) is 10.7.